The molecule has 5 rings (SSSR count). The number of aromatic nitrogens is 2. The van der Waals surface area contributed by atoms with Crippen molar-refractivity contribution >= 4 is 66.8 Å². The highest BCUT2D eigenvalue weighted by Gasteiger charge is 2.38. The van der Waals surface area contributed by atoms with Gasteiger partial charge in [0.1, 0.15) is 30.5 Å². The molecule has 0 spiro atoms. The van der Waals surface area contributed by atoms with Gasteiger partial charge in [0.15, 0.2) is 0 Å². The lowest BCUT2D eigenvalue weighted by Crippen LogP contribution is -2.45. The van der Waals surface area contributed by atoms with Crippen LogP contribution in [0.2, 0.25) is 5.02 Å². The predicted octanol–water partition coefficient (Wildman–Crippen LogP) is 7.35. The van der Waals surface area contributed by atoms with Crippen LogP contribution in [0.5, 0.6) is 0 Å². The van der Waals surface area contributed by atoms with E-state index < -0.39 is 46.9 Å². The van der Waals surface area contributed by atoms with Crippen molar-refractivity contribution in [3.05, 3.63) is 101 Å². The second-order valence-electron chi connectivity index (χ2n) is 10.9. The minimum Gasteiger partial charge on any atom is -0.374 e. The summed E-state index contributed by atoms with van der Waals surface area (Å²) in [6.45, 7) is 8.70. The van der Waals surface area contributed by atoms with Crippen LogP contribution in [0.3, 0.4) is 0 Å². The second kappa shape index (κ2) is 12.1. The molecule has 4 aromatic rings. The van der Waals surface area contributed by atoms with Crippen LogP contribution in [0.4, 0.5) is 49.2 Å². The zero-order valence-electron chi connectivity index (χ0n) is 24.6. The van der Waals surface area contributed by atoms with Gasteiger partial charge in [0.2, 0.25) is 0 Å². The van der Waals surface area contributed by atoms with Gasteiger partial charge in [-0.1, -0.05) is 31.7 Å². The summed E-state index contributed by atoms with van der Waals surface area (Å²) < 4.78 is 84.5. The molecule has 1 unspecified atom stereocenters. The van der Waals surface area contributed by atoms with E-state index in [1.54, 1.807) is 18.0 Å². The predicted molar refractivity (Wildman–Crippen MR) is 171 cm³/mol. The summed E-state index contributed by atoms with van der Waals surface area (Å²) in [7, 11) is 14.3. The van der Waals surface area contributed by atoms with Crippen LogP contribution in [0.25, 0.3) is 16.6 Å². The molecule has 4 radical (unpaired) electrons. The first kappa shape index (κ1) is 33.1. The van der Waals surface area contributed by atoms with E-state index >= 15 is 0 Å². The Morgan fingerprint density at radius 3 is 2.46 bits per heavy atom. The largest absolute Gasteiger partial charge is 0.418 e. The smallest absolute Gasteiger partial charge is 0.374 e. The fourth-order valence-corrected chi connectivity index (χ4v) is 5.78. The maximum absolute atomic E-state index is 14.6. The highest BCUT2D eigenvalue weighted by Crippen LogP contribution is 2.52. The fourth-order valence-electron chi connectivity index (χ4n) is 5.56. The molecule has 3 aromatic carbocycles. The van der Waals surface area contributed by atoms with E-state index in [1.807, 2.05) is 0 Å². The van der Waals surface area contributed by atoms with E-state index in [0.717, 1.165) is 12.4 Å². The highest BCUT2D eigenvalue weighted by molar-refractivity contribution is 6.42. The number of fused-ring (bicyclic) bond motifs is 2. The van der Waals surface area contributed by atoms with Crippen molar-refractivity contribution in [2.45, 2.75) is 24.5 Å². The zero-order valence-corrected chi connectivity index (χ0v) is 25.4. The first-order chi connectivity index (χ1) is 21.6. The van der Waals surface area contributed by atoms with Gasteiger partial charge in [-0.25, -0.2) is 23.1 Å². The molecule has 0 amide bonds. The number of halogens is 7. The fraction of sp³-hybridized carbons (Fsp3) is 0.226. The summed E-state index contributed by atoms with van der Waals surface area (Å²) in [5.74, 6) is -1.92. The van der Waals surface area contributed by atoms with Crippen molar-refractivity contribution in [3.63, 3.8) is 0 Å². The van der Waals surface area contributed by atoms with Gasteiger partial charge < -0.3 is 20.4 Å². The molecule has 0 bridgehead atoms. The van der Waals surface area contributed by atoms with Gasteiger partial charge in [-0.2, -0.15) is 13.2 Å². The molecule has 0 saturated heterocycles. The van der Waals surface area contributed by atoms with Crippen LogP contribution in [-0.4, -0.2) is 51.3 Å². The van der Waals surface area contributed by atoms with E-state index in [9.17, 15) is 26.3 Å². The third kappa shape index (κ3) is 5.97. The van der Waals surface area contributed by atoms with Gasteiger partial charge in [0.05, 0.1) is 44.2 Å². The summed E-state index contributed by atoms with van der Waals surface area (Å²) in [5.41, 5.74) is 0.478. The molecule has 1 aromatic heterocycles. The number of benzene rings is 3. The van der Waals surface area contributed by atoms with Gasteiger partial charge in [-0.05, 0) is 47.9 Å². The number of nitrogens with zero attached hydrogens (tertiary/aromatic N) is 4. The Kier molecular flexibility index (Phi) is 8.71. The van der Waals surface area contributed by atoms with Crippen LogP contribution in [0.15, 0.2) is 62.1 Å². The SMILES string of the molecule is [B]C([B])(C)N(C=C)c1c(N(C)CCF)cc(Nc2ncnc3c(C(F)(F)F)cc(F)cc23)c2c1C(=C)NC2c1cc(F)ccc1Cl. The van der Waals surface area contributed by atoms with Gasteiger partial charge >= 0.3 is 6.18 Å². The summed E-state index contributed by atoms with van der Waals surface area (Å²) in [6.07, 6.45) is -2.62. The molecule has 2 N–H and O–H groups in total. The summed E-state index contributed by atoms with van der Waals surface area (Å²) >= 11 is 6.54. The Hall–Kier alpha value is -4.32. The Bertz CT molecular complexity index is 1860. The minimum absolute atomic E-state index is 0.0856. The summed E-state index contributed by atoms with van der Waals surface area (Å²) in [6, 6.07) is 5.71. The van der Waals surface area contributed by atoms with Crippen molar-refractivity contribution in [2.24, 2.45) is 0 Å². The van der Waals surface area contributed by atoms with Gasteiger partial charge in [0.25, 0.3) is 0 Å². The second-order valence-corrected chi connectivity index (χ2v) is 11.3. The van der Waals surface area contributed by atoms with Crippen LogP contribution in [0.1, 0.15) is 35.2 Å². The Morgan fingerprint density at radius 2 is 1.83 bits per heavy atom. The third-order valence-corrected chi connectivity index (χ3v) is 7.88. The maximum Gasteiger partial charge on any atom is 0.418 e. The molecule has 6 nitrogen and oxygen atoms in total. The molecule has 1 aliphatic heterocycles. The van der Waals surface area contributed by atoms with Gasteiger partial charge in [0, 0.05) is 52.1 Å². The Balaban J connectivity index is 1.87. The van der Waals surface area contributed by atoms with Crippen molar-refractivity contribution in [1.29, 1.82) is 0 Å². The number of nitrogens with one attached hydrogen (secondary N) is 2. The van der Waals surface area contributed by atoms with Gasteiger partial charge in [-0.3, -0.25) is 0 Å². The monoisotopic (exact) mass is 652 g/mol. The summed E-state index contributed by atoms with van der Waals surface area (Å²) in [5, 5.41) is 4.64. The lowest BCUT2D eigenvalue weighted by Gasteiger charge is -2.40. The Morgan fingerprint density at radius 1 is 1.11 bits per heavy atom. The first-order valence-electron chi connectivity index (χ1n) is 13.7. The normalized spacial score (nSPS) is 14.6. The number of rotatable bonds is 9. The minimum atomic E-state index is -4.91. The number of anilines is 4. The quantitative estimate of drug-likeness (QED) is 0.146. The van der Waals surface area contributed by atoms with Crippen LogP contribution < -0.4 is 20.4 Å². The molecule has 0 saturated carbocycles. The number of alkyl halides is 4. The van der Waals surface area contributed by atoms with Crippen LogP contribution in [-0.2, 0) is 6.18 Å². The topological polar surface area (TPSA) is 56.3 Å². The number of hydrogen-bond donors (Lipinski definition) is 2. The molecule has 1 aliphatic rings. The average Bonchev–Trinajstić information content (AvgIpc) is 3.31. The lowest BCUT2D eigenvalue weighted by molar-refractivity contribution is -0.136. The Labute approximate surface area is 269 Å². The van der Waals surface area contributed by atoms with Crippen molar-refractivity contribution < 1.29 is 26.3 Å². The molecule has 0 aliphatic carbocycles. The van der Waals surface area contributed by atoms with Crippen LogP contribution in [0, 0.1) is 11.6 Å². The zero-order chi connectivity index (χ0) is 33.7. The average molecular weight is 653 g/mol. The summed E-state index contributed by atoms with van der Waals surface area (Å²) in [4.78, 5) is 10.9. The molecule has 1 atom stereocenters. The van der Waals surface area contributed by atoms with Crippen molar-refractivity contribution in [1.82, 2.24) is 15.3 Å². The standard InChI is InChI=1S/C31H25B2ClF6N6/c1-5-46(30(3,32)33)28-23(45(4)9-8-35)13-22(25-24(28)15(2)43-27(25)18-10-16(36)6-7-21(18)34)44-29-19-11-17(37)12-20(31(38,39)40)26(19)41-14-42-29/h5-7,10-14,27,43H,1-2,8-9H2,3-4H3,(H,41,42,44). The maximum atomic E-state index is 14.6. The molecule has 46 heavy (non-hydrogen) atoms. The van der Waals surface area contributed by atoms with E-state index in [-0.39, 0.29) is 28.5 Å². The molecule has 2 heterocycles. The molecule has 0 fully saturated rings. The molecule has 234 valence electrons. The van der Waals surface area contributed by atoms with Crippen molar-refractivity contribution in [2.75, 3.05) is 35.4 Å². The molecular weight excluding hydrogens is 627 g/mol. The van der Waals surface area contributed by atoms with Gasteiger partial charge in [-0.15, -0.1) is 0 Å². The van der Waals surface area contributed by atoms with Crippen molar-refractivity contribution in [3.8, 4) is 0 Å². The van der Waals surface area contributed by atoms with E-state index in [4.69, 9.17) is 27.3 Å². The number of hydrogen-bond acceptors (Lipinski definition) is 6. The third-order valence-electron chi connectivity index (χ3n) is 7.53. The van der Waals surface area contributed by atoms with Crippen LogP contribution >= 0.6 is 11.6 Å². The molecule has 15 heteroatoms. The first-order valence-corrected chi connectivity index (χ1v) is 14.1. The highest BCUT2D eigenvalue weighted by atomic mass is 35.5. The lowest BCUT2D eigenvalue weighted by atomic mass is 9.62. The van der Waals surface area contributed by atoms with E-state index in [1.165, 1.54) is 36.2 Å². The van der Waals surface area contributed by atoms with E-state index in [2.05, 4.69) is 33.8 Å². The van der Waals surface area contributed by atoms with E-state index in [0.29, 0.717) is 39.8 Å². The molecular formula is C31H25B2ClF6N6.